The van der Waals surface area contributed by atoms with Crippen LogP contribution in [-0.2, 0) is 0 Å². The Balaban J connectivity index is 1.64. The molecule has 3 heterocycles. The van der Waals surface area contributed by atoms with Gasteiger partial charge in [0.1, 0.15) is 0 Å². The fraction of sp³-hybridized carbons (Fsp3) is 0.250. The van der Waals surface area contributed by atoms with Crippen LogP contribution in [0, 0.1) is 6.92 Å². The van der Waals surface area contributed by atoms with E-state index in [9.17, 15) is 4.79 Å². The first-order valence-electron chi connectivity index (χ1n) is 8.56. The van der Waals surface area contributed by atoms with E-state index in [2.05, 4.69) is 23.0 Å². The van der Waals surface area contributed by atoms with Crippen LogP contribution in [0.5, 0.6) is 0 Å². The highest BCUT2D eigenvalue weighted by Crippen LogP contribution is 2.35. The minimum Gasteiger partial charge on any atom is -0.329 e. The van der Waals surface area contributed by atoms with Gasteiger partial charge in [-0.05, 0) is 49.1 Å². The maximum absolute atomic E-state index is 12.8. The molecule has 1 amide bonds. The fourth-order valence-electron chi connectivity index (χ4n) is 3.51. The first-order valence-corrected chi connectivity index (χ1v) is 9.82. The zero-order valence-electron chi connectivity index (χ0n) is 14.4. The SMILES string of the molecule is Cc1cc(-c2cccc(Cl)c2)ncc1[C@@H]1CCCN1C(=O)c1nccs1. The lowest BCUT2D eigenvalue weighted by molar-refractivity contribution is 0.0735. The number of likely N-dealkylation sites (tertiary alicyclic amines) is 1. The maximum atomic E-state index is 12.8. The molecule has 4 nitrogen and oxygen atoms in total. The van der Waals surface area contributed by atoms with Gasteiger partial charge in [0.25, 0.3) is 5.91 Å². The van der Waals surface area contributed by atoms with Crippen LogP contribution in [0.15, 0.2) is 48.1 Å². The minimum absolute atomic E-state index is 0.0146. The summed E-state index contributed by atoms with van der Waals surface area (Å²) in [7, 11) is 0. The van der Waals surface area contributed by atoms with Gasteiger partial charge in [-0.25, -0.2) is 4.98 Å². The number of pyridine rings is 1. The lowest BCUT2D eigenvalue weighted by Gasteiger charge is -2.25. The van der Waals surface area contributed by atoms with Crippen molar-refractivity contribution < 1.29 is 4.79 Å². The van der Waals surface area contributed by atoms with E-state index in [0.717, 1.165) is 41.8 Å². The maximum Gasteiger partial charge on any atom is 0.283 e. The summed E-state index contributed by atoms with van der Waals surface area (Å²) in [5.74, 6) is 0.0146. The third kappa shape index (κ3) is 3.24. The number of halogens is 1. The Hall–Kier alpha value is -2.24. The van der Waals surface area contributed by atoms with Crippen LogP contribution in [0.4, 0.5) is 0 Å². The Morgan fingerprint density at radius 3 is 2.92 bits per heavy atom. The monoisotopic (exact) mass is 383 g/mol. The highest BCUT2D eigenvalue weighted by molar-refractivity contribution is 7.11. The van der Waals surface area contributed by atoms with E-state index in [0.29, 0.717) is 10.0 Å². The van der Waals surface area contributed by atoms with Gasteiger partial charge < -0.3 is 4.90 Å². The number of nitrogens with zero attached hydrogens (tertiary/aromatic N) is 3. The molecule has 0 radical (unpaired) electrons. The summed E-state index contributed by atoms with van der Waals surface area (Å²) in [6.45, 7) is 2.84. The first kappa shape index (κ1) is 17.2. The Morgan fingerprint density at radius 2 is 2.19 bits per heavy atom. The van der Waals surface area contributed by atoms with Crippen molar-refractivity contribution >= 4 is 28.8 Å². The van der Waals surface area contributed by atoms with Crippen molar-refractivity contribution in [1.29, 1.82) is 0 Å². The average Bonchev–Trinajstić information content (AvgIpc) is 3.33. The molecule has 0 N–H and O–H groups in total. The molecule has 1 saturated heterocycles. The van der Waals surface area contributed by atoms with Gasteiger partial charge in [0.05, 0.1) is 11.7 Å². The molecule has 1 atom stereocenters. The Kier molecular flexibility index (Phi) is 4.74. The fourth-order valence-corrected chi connectivity index (χ4v) is 4.29. The normalized spacial score (nSPS) is 16.8. The number of benzene rings is 1. The zero-order valence-corrected chi connectivity index (χ0v) is 15.9. The van der Waals surface area contributed by atoms with Gasteiger partial charge in [-0.3, -0.25) is 9.78 Å². The standard InChI is InChI=1S/C20H18ClN3OS/c1-13-10-17(14-4-2-5-15(21)11-14)23-12-16(13)18-6-3-8-24(18)20(25)19-22-7-9-26-19/h2,4-5,7,9-12,18H,3,6,8H2,1H3/t18-/m0/s1. The molecule has 0 saturated carbocycles. The molecule has 0 unspecified atom stereocenters. The summed E-state index contributed by atoms with van der Waals surface area (Å²) in [5.41, 5.74) is 4.14. The molecule has 6 heteroatoms. The second-order valence-electron chi connectivity index (χ2n) is 6.43. The van der Waals surface area contributed by atoms with Crippen molar-refractivity contribution in [1.82, 2.24) is 14.9 Å². The smallest absolute Gasteiger partial charge is 0.283 e. The molecule has 4 rings (SSSR count). The van der Waals surface area contributed by atoms with Crippen LogP contribution in [0.25, 0.3) is 11.3 Å². The van der Waals surface area contributed by atoms with Crippen molar-refractivity contribution in [2.45, 2.75) is 25.8 Å². The zero-order chi connectivity index (χ0) is 18.1. The summed E-state index contributed by atoms with van der Waals surface area (Å²) in [6, 6.07) is 9.83. The number of rotatable bonds is 3. The summed E-state index contributed by atoms with van der Waals surface area (Å²) < 4.78 is 0. The highest BCUT2D eigenvalue weighted by atomic mass is 35.5. The third-order valence-corrected chi connectivity index (χ3v) is 5.76. The van der Waals surface area contributed by atoms with Gasteiger partial charge in [-0.2, -0.15) is 0 Å². The lowest BCUT2D eigenvalue weighted by atomic mass is 9.99. The Morgan fingerprint density at radius 1 is 1.31 bits per heavy atom. The molecule has 26 heavy (non-hydrogen) atoms. The van der Waals surface area contributed by atoms with Gasteiger partial charge >= 0.3 is 0 Å². The van der Waals surface area contributed by atoms with E-state index in [1.807, 2.05) is 40.7 Å². The van der Waals surface area contributed by atoms with Crippen LogP contribution in [0.3, 0.4) is 0 Å². The molecule has 132 valence electrons. The van der Waals surface area contributed by atoms with Crippen LogP contribution in [-0.4, -0.2) is 27.3 Å². The quantitative estimate of drug-likeness (QED) is 0.628. The molecule has 0 aliphatic carbocycles. The molecule has 1 aliphatic heterocycles. The van der Waals surface area contributed by atoms with Crippen LogP contribution >= 0.6 is 22.9 Å². The second kappa shape index (κ2) is 7.17. The molecule has 2 aromatic heterocycles. The van der Waals surface area contributed by atoms with Crippen molar-refractivity contribution in [2.75, 3.05) is 6.54 Å². The molecule has 1 aliphatic rings. The number of thiazole rings is 1. The number of hydrogen-bond donors (Lipinski definition) is 0. The van der Waals surface area contributed by atoms with Gasteiger partial charge in [0.2, 0.25) is 0 Å². The Bertz CT molecular complexity index is 942. The van der Waals surface area contributed by atoms with Gasteiger partial charge in [0, 0.05) is 34.9 Å². The van der Waals surface area contributed by atoms with E-state index < -0.39 is 0 Å². The molecule has 0 spiro atoms. The number of aromatic nitrogens is 2. The third-order valence-electron chi connectivity index (χ3n) is 4.76. The molecule has 0 bridgehead atoms. The summed E-state index contributed by atoms with van der Waals surface area (Å²) in [4.78, 5) is 23.5. The van der Waals surface area contributed by atoms with E-state index in [4.69, 9.17) is 11.6 Å². The topological polar surface area (TPSA) is 46.1 Å². The lowest BCUT2D eigenvalue weighted by Crippen LogP contribution is -2.30. The second-order valence-corrected chi connectivity index (χ2v) is 7.76. The predicted molar refractivity (Wildman–Crippen MR) is 105 cm³/mol. The number of amides is 1. The van der Waals surface area contributed by atoms with Gasteiger partial charge in [0.15, 0.2) is 5.01 Å². The van der Waals surface area contributed by atoms with E-state index >= 15 is 0 Å². The van der Waals surface area contributed by atoms with Crippen molar-refractivity contribution in [3.05, 3.63) is 69.3 Å². The number of carbonyl (C=O) groups is 1. The summed E-state index contributed by atoms with van der Waals surface area (Å²) in [5, 5.41) is 3.09. The van der Waals surface area contributed by atoms with Crippen LogP contribution < -0.4 is 0 Å². The largest absolute Gasteiger partial charge is 0.329 e. The number of hydrogen-bond acceptors (Lipinski definition) is 4. The summed E-state index contributed by atoms with van der Waals surface area (Å²) in [6.07, 6.45) is 5.53. The minimum atomic E-state index is 0.0146. The van der Waals surface area contributed by atoms with Crippen molar-refractivity contribution in [3.63, 3.8) is 0 Å². The van der Waals surface area contributed by atoms with Gasteiger partial charge in [-0.1, -0.05) is 23.7 Å². The average molecular weight is 384 g/mol. The van der Waals surface area contributed by atoms with E-state index in [1.165, 1.54) is 11.3 Å². The van der Waals surface area contributed by atoms with E-state index in [1.54, 1.807) is 6.20 Å². The number of aryl methyl sites for hydroxylation is 1. The molecular weight excluding hydrogens is 366 g/mol. The first-order chi connectivity index (χ1) is 12.6. The van der Waals surface area contributed by atoms with Crippen LogP contribution in [0.2, 0.25) is 5.02 Å². The molecule has 1 fully saturated rings. The van der Waals surface area contributed by atoms with E-state index in [-0.39, 0.29) is 11.9 Å². The molecular formula is C20H18ClN3OS. The molecule has 3 aromatic rings. The van der Waals surface area contributed by atoms with Crippen molar-refractivity contribution in [2.24, 2.45) is 0 Å². The van der Waals surface area contributed by atoms with Gasteiger partial charge in [-0.15, -0.1) is 11.3 Å². The number of carbonyl (C=O) groups excluding carboxylic acids is 1. The summed E-state index contributed by atoms with van der Waals surface area (Å²) >= 11 is 7.49. The van der Waals surface area contributed by atoms with Crippen LogP contribution in [0.1, 0.15) is 39.8 Å². The Labute approximate surface area is 161 Å². The predicted octanol–water partition coefficient (Wildman–Crippen LogP) is 5.14. The van der Waals surface area contributed by atoms with Crippen molar-refractivity contribution in [3.8, 4) is 11.3 Å². The highest BCUT2D eigenvalue weighted by Gasteiger charge is 2.32. The molecule has 1 aromatic carbocycles.